The first-order valence-corrected chi connectivity index (χ1v) is 11.1. The number of furan rings is 1. The quantitative estimate of drug-likeness (QED) is 0.330. The number of aromatic nitrogens is 1. The summed E-state index contributed by atoms with van der Waals surface area (Å²) in [6.45, 7) is 0. The molecule has 1 saturated heterocycles. The highest BCUT2D eigenvalue weighted by molar-refractivity contribution is 7.80. The fourth-order valence-corrected chi connectivity index (χ4v) is 4.60. The lowest BCUT2D eigenvalue weighted by atomic mass is 10.0. The van der Waals surface area contributed by atoms with Gasteiger partial charge in [-0.3, -0.25) is 4.98 Å². The lowest BCUT2D eigenvalue weighted by Crippen LogP contribution is -2.30. The predicted molar refractivity (Wildman–Crippen MR) is 130 cm³/mol. The third-order valence-corrected chi connectivity index (χ3v) is 6.25. The molecule has 3 heterocycles. The van der Waals surface area contributed by atoms with Crippen LogP contribution in [0.5, 0.6) is 0 Å². The number of hydrogen-bond acceptors (Lipinski definition) is 4. The molecule has 0 unspecified atom stereocenters. The van der Waals surface area contributed by atoms with E-state index in [9.17, 15) is 14.3 Å². The van der Waals surface area contributed by atoms with Crippen LogP contribution in [0.4, 0.5) is 10.1 Å². The molecule has 0 amide bonds. The minimum absolute atomic E-state index is 0.0837. The molecule has 1 aliphatic rings. The third kappa shape index (κ3) is 3.91. The first-order valence-electron chi connectivity index (χ1n) is 10.3. The van der Waals surface area contributed by atoms with Crippen LogP contribution in [0.15, 0.2) is 83.4 Å². The number of para-hydroxylation sites is 1. The summed E-state index contributed by atoms with van der Waals surface area (Å²) in [5, 5.41) is 13.3. The number of hydrogen-bond donors (Lipinski definition) is 2. The maximum absolute atomic E-state index is 14.8. The van der Waals surface area contributed by atoms with E-state index in [4.69, 9.17) is 28.2 Å². The maximum Gasteiger partial charge on any atom is 0.335 e. The standard InChI is InChI=1S/C25H17ClFN3O3S/c26-16-9-8-14(24(31)32)13-15(16)20-10-11-21(33-20)23-22(18-6-3-4-12-28-18)29-25(34)30(23)19-7-2-1-5-17(19)27/h1-13,22-23H,(H,29,34)(H,31,32)/t22-,23+/m1/s1. The molecular weight excluding hydrogens is 477 g/mol. The van der Waals surface area contributed by atoms with Crippen LogP contribution in [0, 0.1) is 5.82 Å². The maximum atomic E-state index is 14.8. The van der Waals surface area contributed by atoms with Gasteiger partial charge in [-0.2, -0.15) is 0 Å². The molecule has 2 aromatic heterocycles. The number of nitrogens with zero attached hydrogens (tertiary/aromatic N) is 2. The molecule has 4 aromatic rings. The van der Waals surface area contributed by atoms with Crippen molar-refractivity contribution >= 4 is 40.6 Å². The number of carbonyl (C=O) groups is 1. The Morgan fingerprint density at radius 1 is 1.12 bits per heavy atom. The van der Waals surface area contributed by atoms with Crippen LogP contribution in [-0.4, -0.2) is 21.2 Å². The number of pyridine rings is 1. The van der Waals surface area contributed by atoms with E-state index in [-0.39, 0.29) is 5.56 Å². The summed E-state index contributed by atoms with van der Waals surface area (Å²) in [6, 6.07) is 18.8. The molecule has 9 heteroatoms. The molecule has 5 rings (SSSR count). The highest BCUT2D eigenvalue weighted by atomic mass is 35.5. The van der Waals surface area contributed by atoms with Gasteiger partial charge in [-0.1, -0.05) is 29.8 Å². The number of thiocarbonyl (C=S) groups is 1. The Morgan fingerprint density at radius 3 is 2.65 bits per heavy atom. The largest absolute Gasteiger partial charge is 0.478 e. The fraction of sp³-hybridized carbons (Fsp3) is 0.0800. The molecule has 0 radical (unpaired) electrons. The van der Waals surface area contributed by atoms with Gasteiger partial charge in [-0.05, 0) is 66.8 Å². The van der Waals surface area contributed by atoms with Crippen LogP contribution < -0.4 is 10.2 Å². The van der Waals surface area contributed by atoms with Crippen molar-refractivity contribution in [3.8, 4) is 11.3 Å². The number of nitrogens with one attached hydrogen (secondary N) is 1. The van der Waals surface area contributed by atoms with E-state index in [2.05, 4.69) is 10.3 Å². The van der Waals surface area contributed by atoms with Crippen LogP contribution >= 0.6 is 23.8 Å². The molecule has 2 aromatic carbocycles. The Bertz CT molecular complexity index is 1400. The fourth-order valence-electron chi connectivity index (χ4n) is 4.05. The number of benzene rings is 2. The molecule has 2 N–H and O–H groups in total. The Morgan fingerprint density at radius 2 is 1.91 bits per heavy atom. The number of halogens is 2. The second-order valence-electron chi connectivity index (χ2n) is 7.65. The molecule has 34 heavy (non-hydrogen) atoms. The van der Waals surface area contributed by atoms with Crippen LogP contribution in [0.2, 0.25) is 5.02 Å². The second-order valence-corrected chi connectivity index (χ2v) is 8.44. The van der Waals surface area contributed by atoms with E-state index in [0.29, 0.717) is 38.6 Å². The highest BCUT2D eigenvalue weighted by Gasteiger charge is 2.43. The van der Waals surface area contributed by atoms with Crippen LogP contribution in [0.1, 0.15) is 33.9 Å². The summed E-state index contributed by atoms with van der Waals surface area (Å²) >= 11 is 11.9. The van der Waals surface area contributed by atoms with E-state index in [1.54, 1.807) is 41.4 Å². The van der Waals surface area contributed by atoms with Gasteiger partial charge in [0.1, 0.15) is 23.4 Å². The monoisotopic (exact) mass is 493 g/mol. The first-order chi connectivity index (χ1) is 16.4. The number of aromatic carboxylic acids is 1. The Labute approximate surface area is 204 Å². The topological polar surface area (TPSA) is 78.6 Å². The highest BCUT2D eigenvalue weighted by Crippen LogP contribution is 2.44. The van der Waals surface area contributed by atoms with Gasteiger partial charge in [0.05, 0.1) is 28.0 Å². The molecule has 170 valence electrons. The summed E-state index contributed by atoms with van der Waals surface area (Å²) in [5.74, 6) is -0.634. The van der Waals surface area contributed by atoms with Gasteiger partial charge in [0, 0.05) is 11.8 Å². The van der Waals surface area contributed by atoms with Crippen LogP contribution in [0.25, 0.3) is 11.3 Å². The molecule has 1 fully saturated rings. The van der Waals surface area contributed by atoms with Crippen molar-refractivity contribution in [2.45, 2.75) is 12.1 Å². The zero-order chi connectivity index (χ0) is 23.8. The Balaban J connectivity index is 1.62. The van der Waals surface area contributed by atoms with Gasteiger partial charge in [0.15, 0.2) is 5.11 Å². The normalized spacial score (nSPS) is 17.6. The van der Waals surface area contributed by atoms with E-state index in [0.717, 1.165) is 0 Å². The van der Waals surface area contributed by atoms with Crippen molar-refractivity contribution in [1.29, 1.82) is 0 Å². The molecule has 0 aliphatic carbocycles. The minimum atomic E-state index is -1.07. The predicted octanol–water partition coefficient (Wildman–Crippen LogP) is 6.01. The average Bonchev–Trinajstić information content (AvgIpc) is 3.45. The summed E-state index contributed by atoms with van der Waals surface area (Å²) in [4.78, 5) is 17.6. The van der Waals surface area contributed by atoms with Crippen molar-refractivity contribution in [3.63, 3.8) is 0 Å². The number of carboxylic acid groups (broad SMARTS) is 1. The van der Waals surface area contributed by atoms with Gasteiger partial charge in [-0.15, -0.1) is 0 Å². The molecule has 6 nitrogen and oxygen atoms in total. The summed E-state index contributed by atoms with van der Waals surface area (Å²) in [5.41, 5.74) is 1.53. The number of anilines is 1. The lowest BCUT2D eigenvalue weighted by Gasteiger charge is -2.26. The van der Waals surface area contributed by atoms with E-state index >= 15 is 0 Å². The zero-order valence-corrected chi connectivity index (χ0v) is 19.1. The Hall–Kier alpha value is -3.75. The van der Waals surface area contributed by atoms with Crippen molar-refractivity contribution in [1.82, 2.24) is 10.3 Å². The molecular formula is C25H17ClFN3O3S. The van der Waals surface area contributed by atoms with E-state index in [1.165, 1.54) is 24.3 Å². The average molecular weight is 494 g/mol. The first kappa shape index (κ1) is 22.1. The van der Waals surface area contributed by atoms with Crippen molar-refractivity contribution in [3.05, 3.63) is 107 Å². The zero-order valence-electron chi connectivity index (χ0n) is 17.5. The van der Waals surface area contributed by atoms with Gasteiger partial charge in [0.2, 0.25) is 0 Å². The van der Waals surface area contributed by atoms with E-state index in [1.807, 2.05) is 18.2 Å². The second kappa shape index (κ2) is 8.89. The third-order valence-electron chi connectivity index (χ3n) is 5.61. The summed E-state index contributed by atoms with van der Waals surface area (Å²) < 4.78 is 21.0. The lowest BCUT2D eigenvalue weighted by molar-refractivity contribution is 0.0697. The smallest absolute Gasteiger partial charge is 0.335 e. The minimum Gasteiger partial charge on any atom is -0.478 e. The summed E-state index contributed by atoms with van der Waals surface area (Å²) in [6.07, 6.45) is 1.67. The van der Waals surface area contributed by atoms with Crippen LogP contribution in [0.3, 0.4) is 0 Å². The van der Waals surface area contributed by atoms with Crippen molar-refractivity contribution < 1.29 is 18.7 Å². The Kier molecular flexibility index (Phi) is 5.77. The molecule has 0 saturated carbocycles. The molecule has 0 bridgehead atoms. The van der Waals surface area contributed by atoms with Gasteiger partial charge >= 0.3 is 5.97 Å². The van der Waals surface area contributed by atoms with Crippen molar-refractivity contribution in [2.75, 3.05) is 4.90 Å². The number of carboxylic acids is 1. The van der Waals surface area contributed by atoms with E-state index < -0.39 is 23.9 Å². The van der Waals surface area contributed by atoms with Gasteiger partial charge in [-0.25, -0.2) is 9.18 Å². The molecule has 0 spiro atoms. The molecule has 2 atom stereocenters. The van der Waals surface area contributed by atoms with Gasteiger partial charge < -0.3 is 19.7 Å². The SMILES string of the molecule is O=C(O)c1ccc(Cl)c(-c2ccc([C@H]3[C@@H](c4ccccn4)NC(=S)N3c3ccccc3F)o2)c1. The van der Waals surface area contributed by atoms with Crippen molar-refractivity contribution in [2.24, 2.45) is 0 Å². The summed E-state index contributed by atoms with van der Waals surface area (Å²) in [7, 11) is 0. The molecule has 1 aliphatic heterocycles. The van der Waals surface area contributed by atoms with Gasteiger partial charge in [0.25, 0.3) is 0 Å². The number of rotatable bonds is 5. The van der Waals surface area contributed by atoms with Crippen LogP contribution in [-0.2, 0) is 0 Å².